The molecule has 19 heavy (non-hydrogen) atoms. The normalized spacial score (nSPS) is 10.2. The van der Waals surface area contributed by atoms with Crippen molar-refractivity contribution in [3.8, 4) is 0 Å². The third-order valence-corrected chi connectivity index (χ3v) is 3.71. The molecule has 0 atom stereocenters. The van der Waals surface area contributed by atoms with Gasteiger partial charge >= 0.3 is 5.97 Å². The minimum Gasteiger partial charge on any atom is -0.478 e. The van der Waals surface area contributed by atoms with Gasteiger partial charge in [0.15, 0.2) is 0 Å². The molecule has 0 saturated heterocycles. The first-order valence-corrected chi connectivity index (χ1v) is 6.62. The summed E-state index contributed by atoms with van der Waals surface area (Å²) < 4.78 is 0.538. The van der Waals surface area contributed by atoms with Crippen molar-refractivity contribution >= 4 is 34.8 Å². The van der Waals surface area contributed by atoms with E-state index in [0.29, 0.717) is 14.8 Å². The molecule has 0 saturated carbocycles. The number of nitrogens with one attached hydrogen (secondary N) is 1. The first kappa shape index (κ1) is 13.6. The molecule has 6 heteroatoms. The highest BCUT2D eigenvalue weighted by molar-refractivity contribution is 7.17. The number of aromatic carboxylic acids is 1. The fraction of sp³-hybridized carbons (Fsp3) is 0.0769. The molecule has 0 aliphatic heterocycles. The molecule has 0 fully saturated rings. The monoisotopic (exact) mass is 295 g/mol. The van der Waals surface area contributed by atoms with Crippen LogP contribution < -0.4 is 5.32 Å². The predicted molar refractivity (Wildman–Crippen MR) is 73.9 cm³/mol. The van der Waals surface area contributed by atoms with E-state index in [9.17, 15) is 9.59 Å². The summed E-state index contributed by atoms with van der Waals surface area (Å²) in [6, 6.07) is 9.83. The number of hydrogen-bond acceptors (Lipinski definition) is 3. The molecule has 1 aromatic heterocycles. The van der Waals surface area contributed by atoms with E-state index in [1.54, 1.807) is 30.3 Å². The lowest BCUT2D eigenvalue weighted by Gasteiger charge is -2.06. The average Bonchev–Trinajstić information content (AvgIpc) is 2.83. The second-order valence-corrected chi connectivity index (χ2v) is 5.46. The highest BCUT2D eigenvalue weighted by atomic mass is 35.5. The van der Waals surface area contributed by atoms with Crippen molar-refractivity contribution in [1.29, 1.82) is 0 Å². The summed E-state index contributed by atoms with van der Waals surface area (Å²) in [6.07, 6.45) is 0. The Balaban J connectivity index is 2.07. The number of amides is 1. The molecule has 0 aliphatic carbocycles. The van der Waals surface area contributed by atoms with Crippen LogP contribution in [0.3, 0.4) is 0 Å². The number of thiophene rings is 1. The van der Waals surface area contributed by atoms with Crippen LogP contribution in [0.4, 0.5) is 0 Å². The summed E-state index contributed by atoms with van der Waals surface area (Å²) >= 11 is 6.93. The Bertz CT molecular complexity index is 624. The molecule has 4 nitrogen and oxygen atoms in total. The fourth-order valence-electron chi connectivity index (χ4n) is 1.58. The maximum Gasteiger partial charge on any atom is 0.336 e. The molecule has 2 N–H and O–H groups in total. The van der Waals surface area contributed by atoms with E-state index in [1.165, 1.54) is 17.4 Å². The van der Waals surface area contributed by atoms with Crippen molar-refractivity contribution in [3.05, 3.63) is 56.7 Å². The summed E-state index contributed by atoms with van der Waals surface area (Å²) in [5.41, 5.74) is 0.748. The molecular weight excluding hydrogens is 286 g/mol. The topological polar surface area (TPSA) is 66.4 Å². The number of carbonyl (C=O) groups is 2. The number of benzene rings is 1. The number of rotatable bonds is 4. The van der Waals surface area contributed by atoms with Gasteiger partial charge in [0, 0.05) is 6.54 Å². The lowest BCUT2D eigenvalue weighted by molar-refractivity contribution is 0.0694. The number of carbonyl (C=O) groups excluding carboxylic acids is 1. The Morgan fingerprint density at radius 1 is 1.21 bits per heavy atom. The molecular formula is C13H10ClNO3S. The smallest absolute Gasteiger partial charge is 0.336 e. The Labute approximate surface area is 118 Å². The van der Waals surface area contributed by atoms with E-state index < -0.39 is 5.97 Å². The van der Waals surface area contributed by atoms with Crippen LogP contribution in [0.25, 0.3) is 0 Å². The molecule has 2 aromatic rings. The van der Waals surface area contributed by atoms with Crippen molar-refractivity contribution in [2.75, 3.05) is 0 Å². The number of halogens is 1. The number of carboxylic acids is 1. The minimum absolute atomic E-state index is 0.164. The van der Waals surface area contributed by atoms with Gasteiger partial charge in [-0.1, -0.05) is 29.8 Å². The molecule has 0 aliphatic rings. The highest BCUT2D eigenvalue weighted by Crippen LogP contribution is 2.21. The van der Waals surface area contributed by atoms with Crippen molar-refractivity contribution < 1.29 is 14.7 Å². The Kier molecular flexibility index (Phi) is 4.19. The molecule has 0 radical (unpaired) electrons. The summed E-state index contributed by atoms with van der Waals surface area (Å²) in [4.78, 5) is 23.3. The van der Waals surface area contributed by atoms with Crippen molar-refractivity contribution in [2.45, 2.75) is 6.54 Å². The van der Waals surface area contributed by atoms with Gasteiger partial charge in [-0.3, -0.25) is 4.79 Å². The third kappa shape index (κ3) is 3.33. The SMILES string of the molecule is O=C(NCc1ccccc1C(=O)O)c1ccc(Cl)s1. The van der Waals surface area contributed by atoms with E-state index in [1.807, 2.05) is 0 Å². The highest BCUT2D eigenvalue weighted by Gasteiger charge is 2.12. The molecule has 2 rings (SSSR count). The van der Waals surface area contributed by atoms with E-state index in [-0.39, 0.29) is 18.0 Å². The first-order chi connectivity index (χ1) is 9.08. The fourth-order valence-corrected chi connectivity index (χ4v) is 2.54. The summed E-state index contributed by atoms with van der Waals surface area (Å²) in [5.74, 6) is -1.28. The zero-order valence-corrected chi connectivity index (χ0v) is 11.3. The molecule has 0 bridgehead atoms. The predicted octanol–water partition coefficient (Wildman–Crippen LogP) is 3.03. The van der Waals surface area contributed by atoms with E-state index >= 15 is 0 Å². The van der Waals surface area contributed by atoms with Gasteiger partial charge in [0.05, 0.1) is 14.8 Å². The molecule has 1 aromatic carbocycles. The van der Waals surface area contributed by atoms with Crippen LogP contribution in [0, 0.1) is 0 Å². The van der Waals surface area contributed by atoms with Gasteiger partial charge in [0.1, 0.15) is 0 Å². The van der Waals surface area contributed by atoms with Gasteiger partial charge in [0.2, 0.25) is 0 Å². The van der Waals surface area contributed by atoms with E-state index in [0.717, 1.165) is 0 Å². The standard InChI is InChI=1S/C13H10ClNO3S/c14-11-6-5-10(19-11)12(16)15-7-8-3-1-2-4-9(8)13(17)18/h1-6H,7H2,(H,15,16)(H,17,18). The van der Waals surface area contributed by atoms with Crippen LogP contribution >= 0.6 is 22.9 Å². The second kappa shape index (κ2) is 5.86. The average molecular weight is 296 g/mol. The van der Waals surface area contributed by atoms with Gasteiger partial charge in [-0.2, -0.15) is 0 Å². The van der Waals surface area contributed by atoms with Crippen LogP contribution in [-0.4, -0.2) is 17.0 Å². The molecule has 0 spiro atoms. The van der Waals surface area contributed by atoms with Gasteiger partial charge in [-0.15, -0.1) is 11.3 Å². The lowest BCUT2D eigenvalue weighted by atomic mass is 10.1. The van der Waals surface area contributed by atoms with Crippen LogP contribution in [0.2, 0.25) is 4.34 Å². The maximum absolute atomic E-state index is 11.8. The number of hydrogen-bond donors (Lipinski definition) is 2. The zero-order valence-electron chi connectivity index (χ0n) is 9.72. The van der Waals surface area contributed by atoms with Crippen LogP contribution in [0.15, 0.2) is 36.4 Å². The van der Waals surface area contributed by atoms with Crippen LogP contribution in [0.5, 0.6) is 0 Å². The number of carboxylic acid groups (broad SMARTS) is 1. The van der Waals surface area contributed by atoms with Gasteiger partial charge in [-0.25, -0.2) is 4.79 Å². The Morgan fingerprint density at radius 3 is 2.58 bits per heavy atom. The van der Waals surface area contributed by atoms with Crippen molar-refractivity contribution in [2.24, 2.45) is 0 Å². The quantitative estimate of drug-likeness (QED) is 0.911. The van der Waals surface area contributed by atoms with Crippen molar-refractivity contribution in [3.63, 3.8) is 0 Å². The second-order valence-electron chi connectivity index (χ2n) is 3.75. The third-order valence-electron chi connectivity index (χ3n) is 2.48. The maximum atomic E-state index is 11.8. The Hall–Kier alpha value is -1.85. The summed E-state index contributed by atoms with van der Waals surface area (Å²) in [6.45, 7) is 0.164. The lowest BCUT2D eigenvalue weighted by Crippen LogP contribution is -2.23. The Morgan fingerprint density at radius 2 is 1.95 bits per heavy atom. The van der Waals surface area contributed by atoms with E-state index in [2.05, 4.69) is 5.32 Å². The van der Waals surface area contributed by atoms with Gasteiger partial charge in [0.25, 0.3) is 5.91 Å². The summed E-state index contributed by atoms with van der Waals surface area (Å²) in [7, 11) is 0. The molecule has 98 valence electrons. The zero-order chi connectivity index (χ0) is 13.8. The van der Waals surface area contributed by atoms with Crippen molar-refractivity contribution in [1.82, 2.24) is 5.32 Å². The summed E-state index contributed by atoms with van der Waals surface area (Å²) in [5, 5.41) is 11.7. The molecule has 1 heterocycles. The molecule has 1 amide bonds. The minimum atomic E-state index is -1.01. The van der Waals surface area contributed by atoms with Crippen LogP contribution in [0.1, 0.15) is 25.6 Å². The first-order valence-electron chi connectivity index (χ1n) is 5.42. The molecule has 0 unspecified atom stereocenters. The van der Waals surface area contributed by atoms with E-state index in [4.69, 9.17) is 16.7 Å². The van der Waals surface area contributed by atoms with Gasteiger partial charge in [-0.05, 0) is 23.8 Å². The van der Waals surface area contributed by atoms with Crippen LogP contribution in [-0.2, 0) is 6.54 Å². The largest absolute Gasteiger partial charge is 0.478 e. The van der Waals surface area contributed by atoms with Gasteiger partial charge < -0.3 is 10.4 Å².